The highest BCUT2D eigenvalue weighted by Crippen LogP contribution is 2.54. The van der Waals surface area contributed by atoms with Gasteiger partial charge in [-0.05, 0) is 67.7 Å². The fourth-order valence-electron chi connectivity index (χ4n) is 6.69. The van der Waals surface area contributed by atoms with Crippen molar-refractivity contribution in [2.24, 2.45) is 5.92 Å². The van der Waals surface area contributed by atoms with Crippen molar-refractivity contribution in [3.63, 3.8) is 0 Å². The number of nitrogens with zero attached hydrogens (tertiary/aromatic N) is 2. The predicted octanol–water partition coefficient (Wildman–Crippen LogP) is 4.77. The monoisotopic (exact) mass is 451 g/mol. The van der Waals surface area contributed by atoms with Crippen molar-refractivity contribution in [1.82, 2.24) is 15.3 Å². The first-order valence-corrected chi connectivity index (χ1v) is 12.7. The van der Waals surface area contributed by atoms with Gasteiger partial charge in [-0.25, -0.2) is 5.01 Å². The van der Waals surface area contributed by atoms with Gasteiger partial charge in [0.25, 0.3) is 0 Å². The van der Waals surface area contributed by atoms with E-state index in [9.17, 15) is 4.79 Å². The highest BCUT2D eigenvalue weighted by molar-refractivity contribution is 6.27. The average Bonchev–Trinajstić information content (AvgIpc) is 3.12. The van der Waals surface area contributed by atoms with Crippen LogP contribution in [-0.4, -0.2) is 53.4 Å². The normalized spacial score (nSPS) is 31.2. The number of nitrogens with one attached hydrogen (secondary N) is 1. The van der Waals surface area contributed by atoms with Crippen molar-refractivity contribution >= 4 is 17.5 Å². The molecule has 5 heteroatoms. The number of amides is 1. The Kier molecular flexibility index (Phi) is 6.54. The third-order valence-corrected chi connectivity index (χ3v) is 8.28. The summed E-state index contributed by atoms with van der Waals surface area (Å²) in [5.74, 6) is 1.28. The van der Waals surface area contributed by atoms with Gasteiger partial charge in [0.1, 0.15) is 5.88 Å². The molecule has 1 amide bonds. The van der Waals surface area contributed by atoms with Crippen molar-refractivity contribution in [3.8, 4) is 0 Å². The van der Waals surface area contributed by atoms with Gasteiger partial charge in [-0.15, -0.1) is 11.6 Å². The summed E-state index contributed by atoms with van der Waals surface area (Å²) >= 11 is 5.88. The molecule has 3 saturated heterocycles. The third-order valence-electron chi connectivity index (χ3n) is 8.04. The third kappa shape index (κ3) is 4.33. The molecular weight excluding hydrogens is 418 g/mol. The van der Waals surface area contributed by atoms with Crippen LogP contribution in [0.15, 0.2) is 60.7 Å². The van der Waals surface area contributed by atoms with Crippen LogP contribution in [0.5, 0.6) is 0 Å². The Labute approximate surface area is 196 Å². The molecular formula is C27H34ClN3O. The molecule has 2 unspecified atom stereocenters. The zero-order valence-electron chi connectivity index (χ0n) is 18.8. The summed E-state index contributed by atoms with van der Waals surface area (Å²) in [6, 6.07) is 22.1. The molecule has 4 aliphatic rings. The van der Waals surface area contributed by atoms with Gasteiger partial charge >= 0.3 is 0 Å². The minimum atomic E-state index is -0.103. The number of hydrazine groups is 1. The van der Waals surface area contributed by atoms with Crippen LogP contribution in [0.2, 0.25) is 0 Å². The molecule has 2 atom stereocenters. The lowest BCUT2D eigenvalue weighted by Gasteiger charge is -2.53. The zero-order chi connectivity index (χ0) is 22.0. The maximum Gasteiger partial charge on any atom is 0.249 e. The van der Waals surface area contributed by atoms with Crippen LogP contribution in [0.3, 0.4) is 0 Å². The molecule has 32 heavy (non-hydrogen) atoms. The first-order valence-electron chi connectivity index (χ1n) is 12.1. The highest BCUT2D eigenvalue weighted by atomic mass is 35.5. The number of alkyl halides is 1. The smallest absolute Gasteiger partial charge is 0.249 e. The second-order valence-electron chi connectivity index (χ2n) is 9.93. The van der Waals surface area contributed by atoms with E-state index in [-0.39, 0.29) is 17.3 Å². The Balaban J connectivity index is 1.59. The molecule has 4 nitrogen and oxygen atoms in total. The summed E-state index contributed by atoms with van der Waals surface area (Å²) in [4.78, 5) is 15.1. The Bertz CT molecular complexity index is 850. The molecule has 2 bridgehead atoms. The molecule has 3 heterocycles. The van der Waals surface area contributed by atoms with Crippen molar-refractivity contribution in [3.05, 3.63) is 71.8 Å². The summed E-state index contributed by atoms with van der Waals surface area (Å²) in [6.07, 6.45) is 6.17. The van der Waals surface area contributed by atoms with E-state index in [2.05, 4.69) is 76.0 Å². The quantitative estimate of drug-likeness (QED) is 0.665. The van der Waals surface area contributed by atoms with E-state index in [1.807, 2.05) is 0 Å². The molecule has 1 saturated carbocycles. The van der Waals surface area contributed by atoms with Crippen molar-refractivity contribution in [1.29, 1.82) is 0 Å². The first kappa shape index (κ1) is 21.9. The molecule has 6 rings (SSSR count). The molecule has 0 spiro atoms. The van der Waals surface area contributed by atoms with E-state index in [1.54, 1.807) is 0 Å². The molecule has 1 aliphatic carbocycles. The average molecular weight is 452 g/mol. The molecule has 0 radical (unpaired) electrons. The SMILES string of the molecule is O=C(CCl)NN1CC2C(c3ccccc3)CC(N3CCCCC3)(CC2c2ccccc2)C1. The van der Waals surface area contributed by atoms with Crippen LogP contribution >= 0.6 is 11.6 Å². The number of benzene rings is 2. The van der Waals surface area contributed by atoms with E-state index in [0.29, 0.717) is 17.8 Å². The fourth-order valence-corrected chi connectivity index (χ4v) is 6.75. The number of hydrogen-bond acceptors (Lipinski definition) is 3. The Morgan fingerprint density at radius 2 is 1.47 bits per heavy atom. The predicted molar refractivity (Wildman–Crippen MR) is 130 cm³/mol. The lowest BCUT2D eigenvalue weighted by Crippen LogP contribution is -2.59. The molecule has 170 valence electrons. The van der Waals surface area contributed by atoms with Crippen molar-refractivity contribution in [2.45, 2.75) is 49.5 Å². The second-order valence-corrected chi connectivity index (χ2v) is 10.2. The molecule has 1 N–H and O–H groups in total. The van der Waals surface area contributed by atoms with E-state index in [0.717, 1.165) is 39.0 Å². The zero-order valence-corrected chi connectivity index (χ0v) is 19.5. The van der Waals surface area contributed by atoms with Crippen LogP contribution in [0.1, 0.15) is 55.1 Å². The number of halogens is 1. The molecule has 3 aliphatic heterocycles. The summed E-state index contributed by atoms with van der Waals surface area (Å²) in [5, 5.41) is 2.20. The minimum Gasteiger partial charge on any atom is -0.296 e. The topological polar surface area (TPSA) is 35.6 Å². The van der Waals surface area contributed by atoms with Gasteiger partial charge in [0.05, 0.1) is 0 Å². The Morgan fingerprint density at radius 3 is 2.00 bits per heavy atom. The van der Waals surface area contributed by atoms with Gasteiger partial charge in [-0.2, -0.15) is 0 Å². The van der Waals surface area contributed by atoms with E-state index in [1.165, 1.54) is 30.4 Å². The Hall–Kier alpha value is -1.88. The van der Waals surface area contributed by atoms with Gasteiger partial charge in [-0.1, -0.05) is 67.1 Å². The van der Waals surface area contributed by atoms with Gasteiger partial charge in [-0.3, -0.25) is 15.1 Å². The number of hydrogen-bond donors (Lipinski definition) is 1. The van der Waals surface area contributed by atoms with Crippen LogP contribution in [0.4, 0.5) is 0 Å². The maximum atomic E-state index is 12.3. The minimum absolute atomic E-state index is 0.00209. The van der Waals surface area contributed by atoms with E-state index < -0.39 is 0 Å². The lowest BCUT2D eigenvalue weighted by molar-refractivity contribution is -0.124. The summed E-state index contributed by atoms with van der Waals surface area (Å²) < 4.78 is 0. The molecule has 2 aromatic rings. The number of rotatable bonds is 5. The second kappa shape index (κ2) is 9.54. The van der Waals surface area contributed by atoms with Gasteiger partial charge in [0.2, 0.25) is 5.91 Å². The van der Waals surface area contributed by atoms with Gasteiger partial charge in [0, 0.05) is 18.6 Å². The number of fused-ring (bicyclic) bond motifs is 4. The largest absolute Gasteiger partial charge is 0.296 e. The van der Waals surface area contributed by atoms with E-state index in [4.69, 9.17) is 11.6 Å². The van der Waals surface area contributed by atoms with E-state index >= 15 is 0 Å². The molecule has 4 fully saturated rings. The Morgan fingerprint density at radius 1 is 0.906 bits per heavy atom. The fraction of sp³-hybridized carbons (Fsp3) is 0.519. The molecule has 2 aromatic carbocycles. The summed E-state index contributed by atoms with van der Waals surface area (Å²) in [6.45, 7) is 4.05. The van der Waals surface area contributed by atoms with Crippen molar-refractivity contribution < 1.29 is 4.79 Å². The summed E-state index contributed by atoms with van der Waals surface area (Å²) in [7, 11) is 0. The van der Waals surface area contributed by atoms with Gasteiger partial charge < -0.3 is 0 Å². The van der Waals surface area contributed by atoms with Crippen LogP contribution in [0, 0.1) is 5.92 Å². The number of carbonyl (C=O) groups is 1. The lowest BCUT2D eigenvalue weighted by atomic mass is 9.61. The van der Waals surface area contributed by atoms with Crippen molar-refractivity contribution in [2.75, 3.05) is 32.1 Å². The first-order chi connectivity index (χ1) is 15.7. The van der Waals surface area contributed by atoms with Gasteiger partial charge in [0.15, 0.2) is 0 Å². The standard InChI is InChI=1S/C27H34ClN3O/c28-18-26(32)29-31-19-25-23(21-10-4-1-5-11-21)16-27(20-31,30-14-8-3-9-15-30)17-24(25)22-12-6-2-7-13-22/h1-2,4-7,10-13,23-25H,3,8-9,14-20H2,(H,29,32). The maximum absolute atomic E-state index is 12.3. The van der Waals surface area contributed by atoms with Crippen LogP contribution in [-0.2, 0) is 4.79 Å². The number of piperidine rings is 1. The van der Waals surface area contributed by atoms with Crippen LogP contribution in [0.25, 0.3) is 0 Å². The molecule has 0 aromatic heterocycles. The van der Waals surface area contributed by atoms with Crippen LogP contribution < -0.4 is 5.43 Å². The highest BCUT2D eigenvalue weighted by Gasteiger charge is 2.53. The number of carbonyl (C=O) groups excluding carboxylic acids is 1. The summed E-state index contributed by atoms with van der Waals surface area (Å²) in [5.41, 5.74) is 6.07. The number of likely N-dealkylation sites (tertiary alicyclic amines) is 1.